The fraction of sp³-hybridized carbons (Fsp3) is 0.875. The minimum absolute atomic E-state index is 0.396. The van der Waals surface area contributed by atoms with Crippen molar-refractivity contribution >= 4 is 6.03 Å². The van der Waals surface area contributed by atoms with Crippen LogP contribution in [-0.4, -0.2) is 80.1 Å². The van der Waals surface area contributed by atoms with Gasteiger partial charge in [-0.05, 0) is 0 Å². The highest BCUT2D eigenvalue weighted by Crippen LogP contribution is 2.32. The number of carbonyl (C=O) groups excluding carboxylic acids is 1. The lowest BCUT2D eigenvalue weighted by Crippen LogP contribution is -2.44. The van der Waals surface area contributed by atoms with Crippen molar-refractivity contribution in [3.05, 3.63) is 0 Å². The van der Waals surface area contributed by atoms with Gasteiger partial charge in [-0.15, -0.1) is 0 Å². The lowest BCUT2D eigenvalue weighted by Gasteiger charge is -2.21. The first-order valence-electron chi connectivity index (χ1n) is 4.79. The zero-order valence-electron chi connectivity index (χ0n) is 8.47. The van der Waals surface area contributed by atoms with E-state index in [1.165, 1.54) is 0 Å². The van der Waals surface area contributed by atoms with Gasteiger partial charge in [-0.2, -0.15) is 0 Å². The van der Waals surface area contributed by atoms with Gasteiger partial charge >= 0.3 is 6.03 Å². The minimum atomic E-state index is -1.60. The molecule has 0 saturated carbocycles. The first kappa shape index (κ1) is 13.1. The topological polar surface area (TPSA) is 147 Å². The molecule has 94 valence electrons. The summed E-state index contributed by atoms with van der Waals surface area (Å²) in [5.41, 5.74) is 4.97. The molecule has 5 unspecified atom stereocenters. The second-order valence-corrected chi connectivity index (χ2v) is 3.72. The van der Waals surface area contributed by atoms with E-state index in [9.17, 15) is 15.0 Å². The van der Waals surface area contributed by atoms with Crippen LogP contribution in [0.3, 0.4) is 0 Å². The highest BCUT2D eigenvalue weighted by molar-refractivity contribution is 5.76. The molecule has 8 heteroatoms. The molecule has 0 bridgehead atoms. The van der Waals surface area contributed by atoms with Gasteiger partial charge in [-0.1, -0.05) is 0 Å². The van der Waals surface area contributed by atoms with Crippen molar-refractivity contribution in [3.8, 4) is 0 Å². The normalized spacial score (nSPS) is 29.7. The molecule has 5 atom stereocenters. The highest BCUT2D eigenvalue weighted by atomic mass is 16.4. The smallest absolute Gasteiger partial charge is 0.315 e. The Hall–Kier alpha value is -0.930. The number of carbonyl (C=O) groups is 1. The number of amides is 2. The van der Waals surface area contributed by atoms with Gasteiger partial charge in [0, 0.05) is 0 Å². The summed E-state index contributed by atoms with van der Waals surface area (Å²) in [5, 5.41) is 45.5. The SMILES string of the molecule is NC(=O)N1C(CO)C1C(O)C(O)C(O)CO. The number of aliphatic hydroxyl groups excluding tert-OH is 5. The first-order valence-corrected chi connectivity index (χ1v) is 4.79. The second-order valence-electron chi connectivity index (χ2n) is 3.72. The van der Waals surface area contributed by atoms with Crippen molar-refractivity contribution in [1.82, 2.24) is 4.90 Å². The number of hydrogen-bond donors (Lipinski definition) is 6. The molecule has 1 rings (SSSR count). The molecule has 2 amide bonds. The van der Waals surface area contributed by atoms with Crippen molar-refractivity contribution in [2.45, 2.75) is 30.4 Å². The predicted molar refractivity (Wildman–Crippen MR) is 51.2 cm³/mol. The second kappa shape index (κ2) is 4.93. The maximum atomic E-state index is 10.8. The molecule has 0 aromatic heterocycles. The van der Waals surface area contributed by atoms with Crippen molar-refractivity contribution in [2.75, 3.05) is 13.2 Å². The van der Waals surface area contributed by atoms with Crippen LogP contribution in [0.2, 0.25) is 0 Å². The van der Waals surface area contributed by atoms with E-state index in [1.54, 1.807) is 0 Å². The van der Waals surface area contributed by atoms with E-state index < -0.39 is 49.6 Å². The lowest BCUT2D eigenvalue weighted by molar-refractivity contribution is -0.0787. The summed E-state index contributed by atoms with van der Waals surface area (Å²) in [6, 6.07) is -2.32. The van der Waals surface area contributed by atoms with Gasteiger partial charge in [0.05, 0.1) is 25.3 Å². The zero-order chi connectivity index (χ0) is 12.5. The van der Waals surface area contributed by atoms with Crippen LogP contribution < -0.4 is 5.73 Å². The summed E-state index contributed by atoms with van der Waals surface area (Å²) in [6.07, 6.45) is -4.58. The Balaban J connectivity index is 2.61. The largest absolute Gasteiger partial charge is 0.394 e. The molecular formula is C8H16N2O6. The van der Waals surface area contributed by atoms with Gasteiger partial charge in [-0.25, -0.2) is 4.79 Å². The molecule has 1 fully saturated rings. The number of rotatable bonds is 5. The summed E-state index contributed by atoms with van der Waals surface area (Å²) in [7, 11) is 0. The van der Waals surface area contributed by atoms with Gasteiger partial charge in [0.25, 0.3) is 0 Å². The summed E-state index contributed by atoms with van der Waals surface area (Å²) >= 11 is 0. The standard InChI is InChI=1S/C8H16N2O6/c9-8(16)10-3(1-11)5(10)7(15)6(14)4(13)2-12/h3-7,11-15H,1-2H2,(H2,9,16). The summed E-state index contributed by atoms with van der Waals surface area (Å²) in [6.45, 7) is -1.11. The van der Waals surface area contributed by atoms with E-state index in [0.717, 1.165) is 4.90 Å². The maximum absolute atomic E-state index is 10.8. The Bertz CT molecular complexity index is 263. The molecule has 1 aliphatic rings. The Morgan fingerprint density at radius 2 is 1.88 bits per heavy atom. The number of urea groups is 1. The van der Waals surface area contributed by atoms with Crippen LogP contribution in [0.15, 0.2) is 0 Å². The number of nitrogens with two attached hydrogens (primary N) is 1. The third-order valence-electron chi connectivity index (χ3n) is 2.71. The van der Waals surface area contributed by atoms with E-state index in [0.29, 0.717) is 0 Å². The third-order valence-corrected chi connectivity index (χ3v) is 2.71. The molecular weight excluding hydrogens is 220 g/mol. The van der Waals surface area contributed by atoms with Crippen LogP contribution in [0.5, 0.6) is 0 Å². The molecule has 0 aromatic carbocycles. The van der Waals surface area contributed by atoms with Crippen LogP contribution in [0, 0.1) is 0 Å². The van der Waals surface area contributed by atoms with Crippen LogP contribution in [0.4, 0.5) is 4.79 Å². The Kier molecular flexibility index (Phi) is 4.05. The van der Waals surface area contributed by atoms with E-state index in [2.05, 4.69) is 0 Å². The Labute approximate surface area is 91.5 Å². The predicted octanol–water partition coefficient (Wildman–Crippen LogP) is -3.81. The van der Waals surface area contributed by atoms with Gasteiger partial charge < -0.3 is 36.2 Å². The summed E-state index contributed by atoms with van der Waals surface area (Å²) in [5.74, 6) is 0. The minimum Gasteiger partial charge on any atom is -0.394 e. The van der Waals surface area contributed by atoms with E-state index in [1.807, 2.05) is 0 Å². The van der Waals surface area contributed by atoms with Crippen LogP contribution in [-0.2, 0) is 0 Å². The molecule has 0 radical (unpaired) electrons. The van der Waals surface area contributed by atoms with Gasteiger partial charge in [0.1, 0.15) is 18.3 Å². The molecule has 8 nitrogen and oxygen atoms in total. The van der Waals surface area contributed by atoms with Crippen LogP contribution in [0.25, 0.3) is 0 Å². The number of hydrogen-bond acceptors (Lipinski definition) is 6. The van der Waals surface area contributed by atoms with Gasteiger partial charge in [0.2, 0.25) is 0 Å². The average molecular weight is 236 g/mol. The fourth-order valence-corrected chi connectivity index (χ4v) is 1.74. The average Bonchev–Trinajstić information content (AvgIpc) is 3.00. The molecule has 1 saturated heterocycles. The van der Waals surface area contributed by atoms with Crippen molar-refractivity contribution in [1.29, 1.82) is 0 Å². The molecule has 0 aliphatic carbocycles. The van der Waals surface area contributed by atoms with Crippen LogP contribution in [0.1, 0.15) is 0 Å². The number of primary amides is 1. The molecule has 16 heavy (non-hydrogen) atoms. The quantitative estimate of drug-likeness (QED) is 0.270. The zero-order valence-corrected chi connectivity index (χ0v) is 8.47. The summed E-state index contributed by atoms with van der Waals surface area (Å²) < 4.78 is 0. The van der Waals surface area contributed by atoms with E-state index in [-0.39, 0.29) is 0 Å². The van der Waals surface area contributed by atoms with E-state index >= 15 is 0 Å². The summed E-state index contributed by atoms with van der Waals surface area (Å²) in [4.78, 5) is 11.8. The monoisotopic (exact) mass is 236 g/mol. The molecule has 0 aromatic rings. The Morgan fingerprint density at radius 3 is 2.19 bits per heavy atom. The van der Waals surface area contributed by atoms with Crippen LogP contribution >= 0.6 is 0 Å². The molecule has 0 spiro atoms. The van der Waals surface area contributed by atoms with Gasteiger partial charge in [-0.3, -0.25) is 0 Å². The molecule has 1 aliphatic heterocycles. The first-order chi connectivity index (χ1) is 7.45. The van der Waals surface area contributed by atoms with Crippen molar-refractivity contribution in [3.63, 3.8) is 0 Å². The van der Waals surface area contributed by atoms with Gasteiger partial charge in [0.15, 0.2) is 0 Å². The third kappa shape index (κ3) is 2.25. The number of aliphatic hydroxyl groups is 5. The lowest BCUT2D eigenvalue weighted by atomic mass is 10.0. The van der Waals surface area contributed by atoms with Crippen molar-refractivity contribution in [2.24, 2.45) is 5.73 Å². The number of nitrogens with zero attached hydrogens (tertiary/aromatic N) is 1. The highest BCUT2D eigenvalue weighted by Gasteiger charge is 2.56. The van der Waals surface area contributed by atoms with Crippen molar-refractivity contribution < 1.29 is 30.3 Å². The maximum Gasteiger partial charge on any atom is 0.315 e. The fourth-order valence-electron chi connectivity index (χ4n) is 1.74. The Morgan fingerprint density at radius 1 is 1.31 bits per heavy atom. The molecule has 1 heterocycles. The van der Waals surface area contributed by atoms with E-state index in [4.69, 9.17) is 21.1 Å². The molecule has 7 N–H and O–H groups in total.